The number of ether oxygens (including phenoxy) is 2. The molecule has 10 heteroatoms. The lowest BCUT2D eigenvalue weighted by molar-refractivity contribution is -0.159. The summed E-state index contributed by atoms with van der Waals surface area (Å²) < 4.78 is 12.2. The Labute approximate surface area is 238 Å². The predicted octanol–water partition coefficient (Wildman–Crippen LogP) is 2.35. The van der Waals surface area contributed by atoms with Crippen molar-refractivity contribution in [3.63, 3.8) is 0 Å². The summed E-state index contributed by atoms with van der Waals surface area (Å²) in [5.74, 6) is -2.80. The Kier molecular flexibility index (Phi) is 10.6. The number of nitrogens with zero attached hydrogens (tertiary/aromatic N) is 2. The van der Waals surface area contributed by atoms with Gasteiger partial charge in [0.1, 0.15) is 17.7 Å². The average molecular weight is 562 g/mol. The molecule has 3 amide bonds. The average Bonchev–Trinajstić information content (AvgIpc) is 3.53. The van der Waals surface area contributed by atoms with E-state index in [0.29, 0.717) is 58.0 Å². The van der Waals surface area contributed by atoms with Gasteiger partial charge in [0, 0.05) is 31.7 Å². The van der Waals surface area contributed by atoms with E-state index in [9.17, 15) is 24.3 Å². The number of carbonyl (C=O) groups is 4. The van der Waals surface area contributed by atoms with E-state index in [4.69, 9.17) is 9.47 Å². The molecule has 0 aromatic heterocycles. The van der Waals surface area contributed by atoms with Crippen LogP contribution in [-0.4, -0.2) is 94.2 Å². The fourth-order valence-corrected chi connectivity index (χ4v) is 6.38. The Hall–Kier alpha value is -2.72. The van der Waals surface area contributed by atoms with E-state index >= 15 is 0 Å². The second kappa shape index (κ2) is 13.3. The molecule has 3 heterocycles. The molecule has 0 unspecified atom stereocenters. The van der Waals surface area contributed by atoms with Gasteiger partial charge in [0.2, 0.25) is 17.7 Å². The molecule has 10 nitrogen and oxygen atoms in total. The van der Waals surface area contributed by atoms with Gasteiger partial charge in [-0.1, -0.05) is 12.2 Å². The smallest absolute Gasteiger partial charge is 0.312 e. The predicted molar refractivity (Wildman–Crippen MR) is 150 cm³/mol. The highest BCUT2D eigenvalue weighted by Gasteiger charge is 2.75. The highest BCUT2D eigenvalue weighted by molar-refractivity contribution is 5.98. The lowest BCUT2D eigenvalue weighted by Gasteiger charge is -2.42. The van der Waals surface area contributed by atoms with Crippen molar-refractivity contribution in [1.82, 2.24) is 15.1 Å². The van der Waals surface area contributed by atoms with Crippen molar-refractivity contribution < 1.29 is 33.8 Å². The van der Waals surface area contributed by atoms with Crippen LogP contribution in [0, 0.1) is 11.8 Å². The number of allylic oxidation sites excluding steroid dienone is 1. The molecule has 224 valence electrons. The molecule has 2 N–H and O–H groups in total. The summed E-state index contributed by atoms with van der Waals surface area (Å²) in [4.78, 5) is 57.0. The van der Waals surface area contributed by atoms with Crippen LogP contribution in [0.25, 0.3) is 0 Å². The maximum atomic E-state index is 14.2. The SMILES string of the molecule is C=CCCC(=O)NC[C@@H](C)OC(=O)[C@@H]1[C@H]2C(=O)N(CCCCCO)[C@H](C(=O)N(CC=C)C(C)(C)C)[C@]23CC[C@H]1O3. The Bertz CT molecular complexity index is 977. The number of nitrogens with one attached hydrogen (secondary N) is 1. The van der Waals surface area contributed by atoms with Crippen LogP contribution in [-0.2, 0) is 28.7 Å². The van der Waals surface area contributed by atoms with E-state index in [-0.39, 0.29) is 30.9 Å². The van der Waals surface area contributed by atoms with Crippen LogP contribution in [0.1, 0.15) is 72.6 Å². The van der Waals surface area contributed by atoms with E-state index in [0.717, 1.165) is 0 Å². The van der Waals surface area contributed by atoms with Crippen LogP contribution in [0.2, 0.25) is 0 Å². The number of fused-ring (bicyclic) bond motifs is 1. The molecule has 6 atom stereocenters. The molecule has 3 fully saturated rings. The molecule has 0 radical (unpaired) electrons. The quantitative estimate of drug-likeness (QED) is 0.179. The number of aliphatic hydroxyl groups excluding tert-OH is 1. The first-order chi connectivity index (χ1) is 18.9. The van der Waals surface area contributed by atoms with Crippen LogP contribution in [0.5, 0.6) is 0 Å². The number of rotatable bonds is 15. The second-order valence-corrected chi connectivity index (χ2v) is 12.2. The fourth-order valence-electron chi connectivity index (χ4n) is 6.38. The standard InChI is InChI=1S/C30H47N3O7/c1-7-9-13-22(35)31-19-20(3)39-28(38)23-21-14-15-30(40-21)24(23)26(36)32(17-11-10-12-18-34)25(30)27(37)33(16-8-2)29(4,5)6/h7-8,20-21,23-25,34H,1-2,9-19H2,3-6H3,(H,31,35)/t20-,21-,23+,24+,25-,30+/m1/s1. The van der Waals surface area contributed by atoms with Gasteiger partial charge in [-0.2, -0.15) is 0 Å². The third kappa shape index (κ3) is 6.43. The van der Waals surface area contributed by atoms with E-state index in [2.05, 4.69) is 18.5 Å². The minimum Gasteiger partial charge on any atom is -0.460 e. The Morgan fingerprint density at radius 3 is 2.60 bits per heavy atom. The van der Waals surface area contributed by atoms with Gasteiger partial charge in [-0.25, -0.2) is 0 Å². The summed E-state index contributed by atoms with van der Waals surface area (Å²) in [5.41, 5.74) is -1.63. The largest absolute Gasteiger partial charge is 0.460 e. The molecule has 3 rings (SSSR count). The third-order valence-electron chi connectivity index (χ3n) is 8.23. The van der Waals surface area contributed by atoms with E-state index < -0.39 is 47.2 Å². The summed E-state index contributed by atoms with van der Waals surface area (Å²) in [6, 6.07) is -0.859. The highest BCUT2D eigenvalue weighted by Crippen LogP contribution is 2.59. The van der Waals surface area contributed by atoms with Crippen LogP contribution in [0.4, 0.5) is 0 Å². The van der Waals surface area contributed by atoms with Gasteiger partial charge in [0.15, 0.2) is 0 Å². The first-order valence-corrected chi connectivity index (χ1v) is 14.5. The fraction of sp³-hybridized carbons (Fsp3) is 0.733. The van der Waals surface area contributed by atoms with Crippen LogP contribution < -0.4 is 5.32 Å². The van der Waals surface area contributed by atoms with Gasteiger partial charge in [-0.05, 0) is 66.2 Å². The van der Waals surface area contributed by atoms with E-state index in [1.165, 1.54) is 0 Å². The minimum absolute atomic E-state index is 0.0611. The van der Waals surface area contributed by atoms with Gasteiger partial charge < -0.3 is 29.7 Å². The molecule has 2 bridgehead atoms. The third-order valence-corrected chi connectivity index (χ3v) is 8.23. The van der Waals surface area contributed by atoms with Crippen molar-refractivity contribution in [3.8, 4) is 0 Å². The van der Waals surface area contributed by atoms with Crippen LogP contribution >= 0.6 is 0 Å². The monoisotopic (exact) mass is 561 g/mol. The first-order valence-electron chi connectivity index (χ1n) is 14.5. The van der Waals surface area contributed by atoms with Crippen molar-refractivity contribution in [2.75, 3.05) is 26.2 Å². The van der Waals surface area contributed by atoms with Gasteiger partial charge >= 0.3 is 5.97 Å². The van der Waals surface area contributed by atoms with Gasteiger partial charge in [0.25, 0.3) is 0 Å². The first kappa shape index (κ1) is 31.8. The van der Waals surface area contributed by atoms with Crippen molar-refractivity contribution >= 4 is 23.7 Å². The summed E-state index contributed by atoms with van der Waals surface area (Å²) in [5, 5.41) is 12.0. The number of hydrogen-bond donors (Lipinski definition) is 2. The molecule has 1 spiro atoms. The molecule has 3 saturated heterocycles. The lowest BCUT2D eigenvalue weighted by Crippen LogP contribution is -2.59. The number of esters is 1. The number of hydrogen-bond acceptors (Lipinski definition) is 7. The van der Waals surface area contributed by atoms with Crippen molar-refractivity contribution in [1.29, 1.82) is 0 Å². The summed E-state index contributed by atoms with van der Waals surface area (Å²) in [7, 11) is 0. The normalized spacial score (nSPS) is 27.7. The number of carbonyl (C=O) groups excluding carboxylic acids is 4. The van der Waals surface area contributed by atoms with Gasteiger partial charge in [-0.15, -0.1) is 13.2 Å². The molecule has 0 saturated carbocycles. The zero-order valence-electron chi connectivity index (χ0n) is 24.5. The summed E-state index contributed by atoms with van der Waals surface area (Å²) in [6.45, 7) is 15.8. The molecule has 3 aliphatic heterocycles. The molecule has 0 aliphatic carbocycles. The van der Waals surface area contributed by atoms with Gasteiger partial charge in [-0.3, -0.25) is 19.2 Å². The number of unbranched alkanes of at least 4 members (excludes halogenated alkanes) is 2. The molecular weight excluding hydrogens is 514 g/mol. The molecule has 3 aliphatic rings. The molecular formula is C30H47N3O7. The Balaban J connectivity index is 1.85. The minimum atomic E-state index is -1.10. The van der Waals surface area contributed by atoms with Crippen molar-refractivity contribution in [3.05, 3.63) is 25.3 Å². The number of likely N-dealkylation sites (tertiary alicyclic amines) is 1. The maximum Gasteiger partial charge on any atom is 0.312 e. The number of aliphatic hydroxyl groups is 1. The van der Waals surface area contributed by atoms with E-state index in [1.54, 1.807) is 28.9 Å². The van der Waals surface area contributed by atoms with E-state index in [1.807, 2.05) is 20.8 Å². The zero-order chi connectivity index (χ0) is 29.7. The second-order valence-electron chi connectivity index (χ2n) is 12.2. The van der Waals surface area contributed by atoms with Gasteiger partial charge in [0.05, 0.1) is 24.5 Å². The molecule has 0 aromatic rings. The Morgan fingerprint density at radius 1 is 1.25 bits per heavy atom. The van der Waals surface area contributed by atoms with Crippen molar-refractivity contribution in [2.45, 2.75) is 102 Å². The highest BCUT2D eigenvalue weighted by atomic mass is 16.6. The lowest BCUT2D eigenvalue weighted by atomic mass is 9.70. The zero-order valence-corrected chi connectivity index (χ0v) is 24.5. The summed E-state index contributed by atoms with van der Waals surface area (Å²) >= 11 is 0. The topological polar surface area (TPSA) is 125 Å². The Morgan fingerprint density at radius 2 is 1.98 bits per heavy atom. The maximum absolute atomic E-state index is 14.2. The van der Waals surface area contributed by atoms with Crippen LogP contribution in [0.3, 0.4) is 0 Å². The molecule has 40 heavy (non-hydrogen) atoms. The number of amides is 3. The van der Waals surface area contributed by atoms with Crippen LogP contribution in [0.15, 0.2) is 25.3 Å². The van der Waals surface area contributed by atoms with Crippen molar-refractivity contribution in [2.24, 2.45) is 11.8 Å². The summed E-state index contributed by atoms with van der Waals surface area (Å²) in [6.07, 6.45) is 6.09. The molecule has 0 aromatic carbocycles.